The zero-order valence-electron chi connectivity index (χ0n) is 18.8. The summed E-state index contributed by atoms with van der Waals surface area (Å²) in [5.41, 5.74) is 4.17. The zero-order valence-corrected chi connectivity index (χ0v) is 19.6. The Hall–Kier alpha value is -3.16. The molecular weight excluding hydrogens is 424 g/mol. The van der Waals surface area contributed by atoms with E-state index in [2.05, 4.69) is 5.32 Å². The van der Waals surface area contributed by atoms with Crippen molar-refractivity contribution in [2.45, 2.75) is 32.2 Å². The Bertz CT molecular complexity index is 1190. The van der Waals surface area contributed by atoms with Crippen LogP contribution < -0.4 is 10.1 Å². The van der Waals surface area contributed by atoms with E-state index >= 15 is 0 Å². The largest absolute Gasteiger partial charge is 0.496 e. The summed E-state index contributed by atoms with van der Waals surface area (Å²) in [6.45, 7) is 5.44. The van der Waals surface area contributed by atoms with Gasteiger partial charge in [0, 0.05) is 12.2 Å². The van der Waals surface area contributed by atoms with E-state index in [1.807, 2.05) is 62.4 Å². The number of nitrogens with zero attached hydrogens (tertiary/aromatic N) is 1. The van der Waals surface area contributed by atoms with Crippen molar-refractivity contribution in [2.24, 2.45) is 0 Å². The lowest BCUT2D eigenvalue weighted by Gasteiger charge is -2.22. The monoisotopic (exact) mass is 452 g/mol. The van der Waals surface area contributed by atoms with E-state index in [4.69, 9.17) is 4.74 Å². The molecule has 3 rings (SSSR count). The molecule has 0 aliphatic carbocycles. The van der Waals surface area contributed by atoms with Gasteiger partial charge in [0.1, 0.15) is 5.75 Å². The molecule has 1 amide bonds. The summed E-state index contributed by atoms with van der Waals surface area (Å²) in [7, 11) is -2.40. The predicted octanol–water partition coefficient (Wildman–Crippen LogP) is 4.45. The quantitative estimate of drug-likeness (QED) is 0.548. The first-order chi connectivity index (χ1) is 15.2. The Morgan fingerprint density at radius 2 is 1.59 bits per heavy atom. The lowest BCUT2D eigenvalue weighted by molar-refractivity contribution is -0.116. The number of sulfonamides is 1. The Balaban J connectivity index is 1.90. The highest BCUT2D eigenvalue weighted by atomic mass is 32.2. The molecule has 0 aliphatic rings. The number of benzene rings is 3. The second-order valence-corrected chi connectivity index (χ2v) is 9.75. The van der Waals surface area contributed by atoms with Gasteiger partial charge in [0.15, 0.2) is 0 Å². The summed E-state index contributed by atoms with van der Waals surface area (Å²) in [6.07, 6.45) is 0. The maximum atomic E-state index is 13.5. The van der Waals surface area contributed by atoms with Crippen molar-refractivity contribution in [3.8, 4) is 5.75 Å². The molecule has 1 N–H and O–H groups in total. The van der Waals surface area contributed by atoms with E-state index in [-0.39, 0.29) is 18.0 Å². The van der Waals surface area contributed by atoms with E-state index in [0.29, 0.717) is 17.0 Å². The molecule has 0 bridgehead atoms. The maximum absolute atomic E-state index is 13.5. The minimum absolute atomic E-state index is 0.0779. The van der Waals surface area contributed by atoms with E-state index in [0.717, 1.165) is 16.7 Å². The molecule has 3 aromatic rings. The molecule has 0 saturated heterocycles. The van der Waals surface area contributed by atoms with E-state index in [1.54, 1.807) is 19.1 Å². The Morgan fingerprint density at radius 3 is 2.19 bits per heavy atom. The van der Waals surface area contributed by atoms with Gasteiger partial charge >= 0.3 is 0 Å². The van der Waals surface area contributed by atoms with Crippen molar-refractivity contribution in [1.82, 2.24) is 4.31 Å². The second-order valence-electron chi connectivity index (χ2n) is 7.81. The van der Waals surface area contributed by atoms with Gasteiger partial charge in [-0.15, -0.1) is 0 Å². The first kappa shape index (κ1) is 23.5. The number of carbonyl (C=O) groups excluding carboxylic acids is 1. The summed E-state index contributed by atoms with van der Waals surface area (Å²) in [4.78, 5) is 13.0. The average Bonchev–Trinajstić information content (AvgIpc) is 2.73. The number of hydrogen-bond donors (Lipinski definition) is 1. The highest BCUT2D eigenvalue weighted by Gasteiger charge is 2.27. The van der Waals surface area contributed by atoms with Crippen LogP contribution in [0.5, 0.6) is 5.75 Å². The Kier molecular flexibility index (Phi) is 7.33. The van der Waals surface area contributed by atoms with Gasteiger partial charge in [-0.25, -0.2) is 8.42 Å². The summed E-state index contributed by atoms with van der Waals surface area (Å²) in [5, 5.41) is 2.83. The third kappa shape index (κ3) is 5.75. The standard InChI is InChI=1S/C25H28N2O4S/c1-18-12-19(2)14-22(13-18)26-25(28)17-27(16-21-8-6-5-7-9-21)32(29,30)23-10-11-24(31-4)20(3)15-23/h5-15H,16-17H2,1-4H3,(H,26,28). The van der Waals surface area contributed by atoms with Crippen molar-refractivity contribution in [3.63, 3.8) is 0 Å². The zero-order chi connectivity index (χ0) is 23.3. The molecule has 0 aliphatic heterocycles. The van der Waals surface area contributed by atoms with Crippen LogP contribution in [0.4, 0.5) is 5.69 Å². The van der Waals surface area contributed by atoms with Crippen LogP contribution in [-0.2, 0) is 21.4 Å². The van der Waals surface area contributed by atoms with Gasteiger partial charge in [0.2, 0.25) is 15.9 Å². The average molecular weight is 453 g/mol. The number of hydrogen-bond acceptors (Lipinski definition) is 4. The fourth-order valence-corrected chi connectivity index (χ4v) is 5.05. The molecule has 0 saturated carbocycles. The third-order valence-corrected chi connectivity index (χ3v) is 6.82. The Morgan fingerprint density at radius 1 is 0.938 bits per heavy atom. The number of nitrogens with one attached hydrogen (secondary N) is 1. The van der Waals surface area contributed by atoms with Gasteiger partial charge < -0.3 is 10.1 Å². The van der Waals surface area contributed by atoms with E-state index < -0.39 is 15.9 Å². The van der Waals surface area contributed by atoms with Crippen molar-refractivity contribution in [3.05, 3.63) is 89.0 Å². The molecule has 32 heavy (non-hydrogen) atoms. The van der Waals surface area contributed by atoms with Crippen LogP contribution in [0.25, 0.3) is 0 Å². The normalized spacial score (nSPS) is 11.4. The van der Waals surface area contributed by atoms with Crippen molar-refractivity contribution < 1.29 is 17.9 Å². The number of rotatable bonds is 8. The van der Waals surface area contributed by atoms with Gasteiger partial charge in [-0.2, -0.15) is 4.31 Å². The minimum Gasteiger partial charge on any atom is -0.496 e. The van der Waals surface area contributed by atoms with E-state index in [1.165, 1.54) is 17.5 Å². The molecular formula is C25H28N2O4S. The van der Waals surface area contributed by atoms with Crippen LogP contribution in [0.2, 0.25) is 0 Å². The highest BCUT2D eigenvalue weighted by Crippen LogP contribution is 2.25. The summed E-state index contributed by atoms with van der Waals surface area (Å²) in [5.74, 6) is 0.200. The van der Waals surface area contributed by atoms with Gasteiger partial charge in [0.25, 0.3) is 0 Å². The SMILES string of the molecule is COc1ccc(S(=O)(=O)N(CC(=O)Nc2cc(C)cc(C)c2)Cc2ccccc2)cc1C. The molecule has 6 nitrogen and oxygen atoms in total. The molecule has 0 heterocycles. The molecule has 0 unspecified atom stereocenters. The molecule has 0 spiro atoms. The van der Waals surface area contributed by atoms with Crippen LogP contribution in [0.3, 0.4) is 0 Å². The molecule has 3 aromatic carbocycles. The van der Waals surface area contributed by atoms with Crippen molar-refractivity contribution in [1.29, 1.82) is 0 Å². The lowest BCUT2D eigenvalue weighted by Crippen LogP contribution is -2.37. The molecule has 0 fully saturated rings. The third-order valence-electron chi connectivity index (χ3n) is 5.03. The fraction of sp³-hybridized carbons (Fsp3) is 0.240. The molecule has 168 valence electrons. The van der Waals surface area contributed by atoms with E-state index in [9.17, 15) is 13.2 Å². The van der Waals surface area contributed by atoms with Gasteiger partial charge in [0.05, 0.1) is 18.6 Å². The van der Waals surface area contributed by atoms with Gasteiger partial charge in [-0.1, -0.05) is 36.4 Å². The van der Waals surface area contributed by atoms with Crippen molar-refractivity contribution >= 4 is 21.6 Å². The van der Waals surface area contributed by atoms with Gasteiger partial charge in [-0.3, -0.25) is 4.79 Å². The van der Waals surface area contributed by atoms with Crippen LogP contribution >= 0.6 is 0 Å². The second kappa shape index (κ2) is 9.97. The highest BCUT2D eigenvalue weighted by molar-refractivity contribution is 7.89. The number of anilines is 1. The van der Waals surface area contributed by atoms with Crippen molar-refractivity contribution in [2.75, 3.05) is 19.0 Å². The maximum Gasteiger partial charge on any atom is 0.243 e. The first-order valence-corrected chi connectivity index (χ1v) is 11.7. The number of aryl methyl sites for hydroxylation is 3. The van der Waals surface area contributed by atoms with Gasteiger partial charge in [-0.05, 0) is 73.4 Å². The number of methoxy groups -OCH3 is 1. The first-order valence-electron chi connectivity index (χ1n) is 10.3. The Labute approximate surface area is 189 Å². The summed E-state index contributed by atoms with van der Waals surface area (Å²) >= 11 is 0. The van der Waals surface area contributed by atoms with Crippen LogP contribution in [0, 0.1) is 20.8 Å². The number of carbonyl (C=O) groups is 1. The molecule has 0 atom stereocenters. The topological polar surface area (TPSA) is 75.7 Å². The van der Waals surface area contributed by atoms with Crippen LogP contribution in [0.15, 0.2) is 71.6 Å². The molecule has 7 heteroatoms. The molecule has 0 aromatic heterocycles. The number of amides is 1. The summed E-state index contributed by atoms with van der Waals surface area (Å²) in [6, 6.07) is 19.6. The fourth-order valence-electron chi connectivity index (χ4n) is 3.58. The number of ether oxygens (including phenoxy) is 1. The van der Waals surface area contributed by atoms with Crippen LogP contribution in [-0.4, -0.2) is 32.3 Å². The molecule has 0 radical (unpaired) electrons. The minimum atomic E-state index is -3.93. The van der Waals surface area contributed by atoms with Crippen LogP contribution in [0.1, 0.15) is 22.3 Å². The summed E-state index contributed by atoms with van der Waals surface area (Å²) < 4.78 is 33.4. The predicted molar refractivity (Wildman–Crippen MR) is 126 cm³/mol. The lowest BCUT2D eigenvalue weighted by atomic mass is 10.1. The smallest absolute Gasteiger partial charge is 0.243 e.